The average Bonchev–Trinajstić information content (AvgIpc) is 3.24. The summed E-state index contributed by atoms with van der Waals surface area (Å²) >= 11 is 0. The predicted molar refractivity (Wildman–Crippen MR) is 218 cm³/mol. The summed E-state index contributed by atoms with van der Waals surface area (Å²) < 4.78 is 30.3. The first kappa shape index (κ1) is 44.3. The van der Waals surface area contributed by atoms with Gasteiger partial charge in [0.2, 0.25) is 0 Å². The Kier molecular flexibility index (Phi) is 11.8. The molecule has 0 aromatic heterocycles. The predicted octanol–water partition coefficient (Wildman–Crippen LogP) is 3.74. The quantitative estimate of drug-likeness (QED) is 0.130. The maximum atomic E-state index is 15.5. The fourth-order valence-electron chi connectivity index (χ4n) is 10.2. The Bertz CT molecular complexity index is 2280. The molecule has 0 spiro atoms. The molecule has 62 heavy (non-hydrogen) atoms. The molecule has 15 heteroatoms. The molecular formula is C47H51NO14. The summed E-state index contributed by atoms with van der Waals surface area (Å²) in [6, 6.07) is 22.9. The molecular weight excluding hydrogens is 803 g/mol. The second-order valence-corrected chi connectivity index (χ2v) is 17.4. The van der Waals surface area contributed by atoms with Crippen molar-refractivity contribution in [3.63, 3.8) is 0 Å². The lowest BCUT2D eigenvalue weighted by Crippen LogP contribution is -2.82. The molecule has 0 radical (unpaired) electrons. The number of esters is 4. The van der Waals surface area contributed by atoms with Gasteiger partial charge < -0.3 is 44.3 Å². The minimum Gasteiger partial charge on any atom is -0.456 e. The van der Waals surface area contributed by atoms with Crippen molar-refractivity contribution in [3.8, 4) is 0 Å². The maximum absolute atomic E-state index is 15.5. The van der Waals surface area contributed by atoms with Gasteiger partial charge in [-0.15, -0.1) is 0 Å². The van der Waals surface area contributed by atoms with Crippen LogP contribution in [0.5, 0.6) is 0 Å². The fourth-order valence-corrected chi connectivity index (χ4v) is 10.2. The molecule has 328 valence electrons. The molecule has 1 amide bonds. The number of rotatable bonds is 10. The van der Waals surface area contributed by atoms with E-state index in [1.54, 1.807) is 92.7 Å². The van der Waals surface area contributed by atoms with E-state index >= 15 is 4.79 Å². The summed E-state index contributed by atoms with van der Waals surface area (Å²) in [6.07, 6.45) is -10.5. The van der Waals surface area contributed by atoms with Crippen molar-refractivity contribution in [2.75, 3.05) is 6.61 Å². The Morgan fingerprint density at radius 2 is 1.40 bits per heavy atom. The largest absolute Gasteiger partial charge is 0.456 e. The molecule has 3 aromatic rings. The molecule has 3 aliphatic carbocycles. The van der Waals surface area contributed by atoms with Gasteiger partial charge in [0.25, 0.3) is 5.91 Å². The van der Waals surface area contributed by atoms with Crippen molar-refractivity contribution in [1.29, 1.82) is 0 Å². The van der Waals surface area contributed by atoms with Crippen LogP contribution >= 0.6 is 0 Å². The Labute approximate surface area is 358 Å². The first-order valence-electron chi connectivity index (χ1n) is 20.5. The Morgan fingerprint density at radius 1 is 0.823 bits per heavy atom. The lowest BCUT2D eigenvalue weighted by molar-refractivity contribution is -0.346. The Balaban J connectivity index is 1.39. The van der Waals surface area contributed by atoms with Crippen LogP contribution in [0.2, 0.25) is 0 Å². The van der Waals surface area contributed by atoms with Gasteiger partial charge in [-0.3, -0.25) is 19.2 Å². The number of ether oxygens (including phenoxy) is 5. The molecule has 1 heterocycles. The number of hydrogen-bond donors (Lipinski definition) is 4. The third-order valence-electron chi connectivity index (χ3n) is 13.5. The summed E-state index contributed by atoms with van der Waals surface area (Å²) in [5, 5.41) is 40.2. The van der Waals surface area contributed by atoms with E-state index < -0.39 is 113 Å². The number of carbonyl (C=O) groups is 6. The van der Waals surface area contributed by atoms with Crippen LogP contribution in [-0.2, 0) is 42.9 Å². The van der Waals surface area contributed by atoms with Crippen LogP contribution in [0, 0.1) is 16.7 Å². The van der Waals surface area contributed by atoms with Crippen molar-refractivity contribution >= 4 is 35.6 Å². The molecule has 1 saturated heterocycles. The van der Waals surface area contributed by atoms with Crippen molar-refractivity contribution < 1.29 is 67.8 Å². The van der Waals surface area contributed by atoms with Crippen LogP contribution in [0.25, 0.3) is 0 Å². The van der Waals surface area contributed by atoms with Crippen molar-refractivity contribution in [1.82, 2.24) is 5.32 Å². The van der Waals surface area contributed by atoms with Gasteiger partial charge in [-0.2, -0.15) is 0 Å². The topological polar surface area (TPSA) is 221 Å². The zero-order valence-electron chi connectivity index (χ0n) is 35.2. The molecule has 3 fully saturated rings. The zero-order valence-corrected chi connectivity index (χ0v) is 35.2. The highest BCUT2D eigenvalue weighted by atomic mass is 16.6. The normalized spacial score (nSPS) is 31.9. The Hall–Kier alpha value is -5.74. The highest BCUT2D eigenvalue weighted by Gasteiger charge is 2.78. The smallest absolute Gasteiger partial charge is 0.338 e. The van der Waals surface area contributed by atoms with Gasteiger partial charge in [0.05, 0.1) is 35.6 Å². The van der Waals surface area contributed by atoms with E-state index in [0.29, 0.717) is 5.56 Å². The molecule has 2 saturated carbocycles. The van der Waals surface area contributed by atoms with Gasteiger partial charge in [0.1, 0.15) is 23.9 Å². The molecule has 15 nitrogen and oxygen atoms in total. The highest BCUT2D eigenvalue weighted by Crippen LogP contribution is 2.64. The van der Waals surface area contributed by atoms with Gasteiger partial charge in [0, 0.05) is 37.7 Å². The number of Topliss-reactive ketones (excluding diaryl/α,β-unsaturated/α-hetero) is 1. The van der Waals surface area contributed by atoms with E-state index in [1.807, 2.05) is 0 Å². The number of aliphatic hydroxyl groups is 3. The molecule has 4 aliphatic rings. The van der Waals surface area contributed by atoms with Crippen molar-refractivity contribution in [3.05, 3.63) is 119 Å². The summed E-state index contributed by atoms with van der Waals surface area (Å²) in [5.41, 5.74) is -7.02. The number of amides is 1. The number of hydrogen-bond acceptors (Lipinski definition) is 14. The van der Waals surface area contributed by atoms with Crippen LogP contribution in [0.15, 0.2) is 102 Å². The molecule has 2 bridgehead atoms. The first-order chi connectivity index (χ1) is 29.3. The highest BCUT2D eigenvalue weighted by molar-refractivity contribution is 5.96. The summed E-state index contributed by atoms with van der Waals surface area (Å²) in [7, 11) is 0. The molecule has 0 unspecified atom stereocenters. The number of benzene rings is 3. The number of ketones is 1. The molecule has 7 rings (SSSR count). The third-order valence-corrected chi connectivity index (χ3v) is 13.5. The number of carbonyl (C=O) groups excluding carboxylic acids is 6. The standard InChI is InChI=1S/C47H51NO14/c1-25-31(60-43(56)36(52)35(28-16-10-7-11-17-28)48-41(54)29-18-12-8-13-19-29)23-47(57)40(61-42(55)30-20-14-9-15-21-30)38-45(6,32(51)22-33-46(38,24-58-33)62-27(3)50)39(53)37(59-26(2)49)34(25)44(47,4)5/h7-21,31-33,35-38,40,51-52,57H,22-24H2,1-6H3,(H,48,54)/t31-,32+,33+,35-,36+,37+,38+,40-,45-,46-,47+/m0/s1. The van der Waals surface area contributed by atoms with E-state index in [2.05, 4.69) is 5.32 Å². The van der Waals surface area contributed by atoms with E-state index in [4.69, 9.17) is 23.7 Å². The van der Waals surface area contributed by atoms with Crippen molar-refractivity contribution in [2.24, 2.45) is 16.7 Å². The van der Waals surface area contributed by atoms with E-state index in [0.717, 1.165) is 13.8 Å². The summed E-state index contributed by atoms with van der Waals surface area (Å²) in [6.45, 7) is 7.97. The van der Waals surface area contributed by atoms with Gasteiger partial charge in [-0.05, 0) is 54.8 Å². The molecule has 3 aromatic carbocycles. The number of aliphatic hydroxyl groups excluding tert-OH is 2. The second-order valence-electron chi connectivity index (χ2n) is 17.4. The number of fused-ring (bicyclic) bond motifs is 5. The van der Waals surface area contributed by atoms with E-state index in [1.165, 1.54) is 26.0 Å². The lowest BCUT2D eigenvalue weighted by Gasteiger charge is -2.67. The van der Waals surface area contributed by atoms with Crippen LogP contribution in [0.3, 0.4) is 0 Å². The van der Waals surface area contributed by atoms with E-state index in [9.17, 15) is 39.3 Å². The van der Waals surface area contributed by atoms with Crippen LogP contribution in [-0.4, -0.2) is 105 Å². The summed E-state index contributed by atoms with van der Waals surface area (Å²) in [5.74, 6) is -6.84. The van der Waals surface area contributed by atoms with Crippen LogP contribution in [0.1, 0.15) is 86.7 Å². The molecule has 4 N–H and O–H groups in total. The van der Waals surface area contributed by atoms with Gasteiger partial charge in [-0.1, -0.05) is 80.6 Å². The molecule has 11 atom stereocenters. The van der Waals surface area contributed by atoms with Gasteiger partial charge >= 0.3 is 23.9 Å². The van der Waals surface area contributed by atoms with Crippen LogP contribution < -0.4 is 5.32 Å². The minimum absolute atomic E-state index is 0.00289. The lowest BCUT2D eigenvalue weighted by atomic mass is 9.44. The van der Waals surface area contributed by atoms with E-state index in [-0.39, 0.29) is 35.3 Å². The average molecular weight is 854 g/mol. The zero-order chi connectivity index (χ0) is 44.9. The fraction of sp³-hybridized carbons (Fsp3) is 0.447. The summed E-state index contributed by atoms with van der Waals surface area (Å²) in [4.78, 5) is 83.5. The van der Waals surface area contributed by atoms with Crippen LogP contribution in [0.4, 0.5) is 0 Å². The third kappa shape index (κ3) is 7.29. The second kappa shape index (κ2) is 16.5. The monoisotopic (exact) mass is 853 g/mol. The minimum atomic E-state index is -2.39. The molecule has 1 aliphatic heterocycles. The number of nitrogens with one attached hydrogen (secondary N) is 1. The van der Waals surface area contributed by atoms with Gasteiger partial charge in [-0.25, -0.2) is 9.59 Å². The Morgan fingerprint density at radius 3 is 1.95 bits per heavy atom. The SMILES string of the molecule is CC(=O)O[C@H]1C(=O)[C@@]2(C)[C@H](O)C[C@H]3OC[C@@]3(OC(C)=O)[C@@H]2[C@H](OC(=O)c2ccccc2)[C@]2(O)C[C@H](OC(=O)[C@H](O)[C@@H](NC(=O)c3ccccc3)c3ccccc3)C(C)=C1C2(C)C. The maximum Gasteiger partial charge on any atom is 0.338 e. The van der Waals surface area contributed by atoms with Gasteiger partial charge in [0.15, 0.2) is 23.6 Å². The first-order valence-corrected chi connectivity index (χ1v) is 20.5. The van der Waals surface area contributed by atoms with Crippen molar-refractivity contribution in [2.45, 2.75) is 108 Å².